The highest BCUT2D eigenvalue weighted by Crippen LogP contribution is 2.25. The van der Waals surface area contributed by atoms with E-state index in [4.69, 9.17) is 0 Å². The van der Waals surface area contributed by atoms with Crippen LogP contribution in [0.5, 0.6) is 0 Å². The molecule has 1 aromatic carbocycles. The van der Waals surface area contributed by atoms with Gasteiger partial charge in [0.15, 0.2) is 0 Å². The van der Waals surface area contributed by atoms with Crippen LogP contribution < -0.4 is 5.32 Å². The van der Waals surface area contributed by atoms with Gasteiger partial charge >= 0.3 is 0 Å². The molecule has 0 aliphatic carbocycles. The zero-order valence-electron chi connectivity index (χ0n) is 12.4. The van der Waals surface area contributed by atoms with Gasteiger partial charge < -0.3 is 5.32 Å². The Morgan fingerprint density at radius 3 is 2.37 bits per heavy atom. The topological polar surface area (TPSA) is 24.9 Å². The molecular formula is C16H22N2S. The molecule has 102 valence electrons. The van der Waals surface area contributed by atoms with Crippen molar-refractivity contribution in [2.45, 2.75) is 40.2 Å². The molecule has 1 N–H and O–H groups in total. The first-order valence-electron chi connectivity index (χ1n) is 6.67. The fraction of sp³-hybridized carbons (Fsp3) is 0.438. The van der Waals surface area contributed by atoms with Crippen molar-refractivity contribution in [3.05, 3.63) is 50.5 Å². The van der Waals surface area contributed by atoms with Crippen molar-refractivity contribution in [1.82, 2.24) is 10.3 Å². The summed E-state index contributed by atoms with van der Waals surface area (Å²) < 4.78 is 0. The van der Waals surface area contributed by atoms with Crippen molar-refractivity contribution in [2.24, 2.45) is 0 Å². The molecule has 2 aromatic rings. The molecule has 1 heterocycles. The van der Waals surface area contributed by atoms with Gasteiger partial charge in [-0.25, -0.2) is 4.98 Å². The van der Waals surface area contributed by atoms with Crippen LogP contribution in [0.2, 0.25) is 0 Å². The summed E-state index contributed by atoms with van der Waals surface area (Å²) in [6.45, 7) is 8.60. The van der Waals surface area contributed by atoms with Crippen LogP contribution in [0.1, 0.15) is 39.0 Å². The van der Waals surface area contributed by atoms with Crippen molar-refractivity contribution in [3.63, 3.8) is 0 Å². The van der Waals surface area contributed by atoms with Crippen LogP contribution in [0.3, 0.4) is 0 Å². The van der Waals surface area contributed by atoms with E-state index in [1.54, 1.807) is 11.3 Å². The van der Waals surface area contributed by atoms with Crippen LogP contribution in [0, 0.1) is 27.7 Å². The molecule has 1 unspecified atom stereocenters. The average molecular weight is 274 g/mol. The second-order valence-electron chi connectivity index (χ2n) is 5.22. The molecule has 0 amide bonds. The molecule has 0 fully saturated rings. The number of hydrogen-bond donors (Lipinski definition) is 1. The first kappa shape index (κ1) is 14.2. The molecule has 0 aliphatic rings. The summed E-state index contributed by atoms with van der Waals surface area (Å²) in [6.07, 6.45) is 0.957. The van der Waals surface area contributed by atoms with E-state index >= 15 is 0 Å². The molecule has 19 heavy (non-hydrogen) atoms. The van der Waals surface area contributed by atoms with Gasteiger partial charge in [-0.1, -0.05) is 12.1 Å². The highest BCUT2D eigenvalue weighted by atomic mass is 32.1. The van der Waals surface area contributed by atoms with Crippen LogP contribution >= 0.6 is 11.3 Å². The zero-order chi connectivity index (χ0) is 14.0. The van der Waals surface area contributed by atoms with Crippen LogP contribution in [0.25, 0.3) is 0 Å². The Morgan fingerprint density at radius 1 is 1.11 bits per heavy atom. The summed E-state index contributed by atoms with van der Waals surface area (Å²) in [6, 6.07) is 4.93. The number of rotatable bonds is 4. The number of aromatic nitrogens is 1. The summed E-state index contributed by atoms with van der Waals surface area (Å²) in [5, 5.41) is 6.75. The molecule has 1 aromatic heterocycles. The van der Waals surface area contributed by atoms with E-state index < -0.39 is 0 Å². The average Bonchev–Trinajstić information content (AvgIpc) is 2.77. The number of likely N-dealkylation sites (N-methyl/N-ethyl adjacent to an activating group) is 1. The molecule has 2 nitrogen and oxygen atoms in total. The minimum atomic E-state index is 0.338. The Morgan fingerprint density at radius 2 is 1.79 bits per heavy atom. The van der Waals surface area contributed by atoms with Crippen LogP contribution in [-0.2, 0) is 6.42 Å². The second-order valence-corrected chi connectivity index (χ2v) is 6.16. The van der Waals surface area contributed by atoms with Crippen LogP contribution in [0.15, 0.2) is 17.5 Å². The molecule has 0 saturated carbocycles. The van der Waals surface area contributed by atoms with Gasteiger partial charge in [-0.3, -0.25) is 0 Å². The SMILES string of the molecule is CNC(Cc1nc(C)cs1)c1cc(C)c(C)cc1C. The number of thiazole rings is 1. The van der Waals surface area contributed by atoms with Gasteiger partial charge in [0.25, 0.3) is 0 Å². The third-order valence-electron chi connectivity index (χ3n) is 3.65. The maximum atomic E-state index is 4.57. The van der Waals surface area contributed by atoms with Gasteiger partial charge in [-0.15, -0.1) is 11.3 Å². The molecule has 0 aliphatic heterocycles. The van der Waals surface area contributed by atoms with E-state index in [0.29, 0.717) is 6.04 Å². The lowest BCUT2D eigenvalue weighted by Gasteiger charge is -2.19. The van der Waals surface area contributed by atoms with Gasteiger partial charge in [0.05, 0.1) is 5.01 Å². The Balaban J connectivity index is 2.29. The van der Waals surface area contributed by atoms with Crippen molar-refractivity contribution >= 4 is 11.3 Å². The lowest BCUT2D eigenvalue weighted by molar-refractivity contribution is 0.586. The minimum absolute atomic E-state index is 0.338. The largest absolute Gasteiger partial charge is 0.313 e. The zero-order valence-corrected chi connectivity index (χ0v) is 13.2. The van der Waals surface area contributed by atoms with Crippen LogP contribution in [0.4, 0.5) is 0 Å². The van der Waals surface area contributed by atoms with Crippen molar-refractivity contribution in [3.8, 4) is 0 Å². The smallest absolute Gasteiger partial charge is 0.0947 e. The standard InChI is InChI=1S/C16H22N2S/c1-10-6-12(3)14(7-11(10)2)15(17-5)8-16-18-13(4)9-19-16/h6-7,9,15,17H,8H2,1-5H3. The van der Waals surface area contributed by atoms with E-state index in [-0.39, 0.29) is 0 Å². The number of aryl methyl sites for hydroxylation is 4. The van der Waals surface area contributed by atoms with Gasteiger partial charge in [-0.05, 0) is 57.0 Å². The molecule has 0 saturated heterocycles. The van der Waals surface area contributed by atoms with Crippen LogP contribution in [-0.4, -0.2) is 12.0 Å². The summed E-state index contributed by atoms with van der Waals surface area (Å²) in [4.78, 5) is 4.57. The summed E-state index contributed by atoms with van der Waals surface area (Å²) in [5.74, 6) is 0. The van der Waals surface area contributed by atoms with E-state index in [1.165, 1.54) is 27.3 Å². The molecule has 0 radical (unpaired) electrons. The predicted octanol–water partition coefficient (Wildman–Crippen LogP) is 3.88. The molecule has 0 bridgehead atoms. The summed E-state index contributed by atoms with van der Waals surface area (Å²) in [7, 11) is 2.03. The van der Waals surface area contributed by atoms with E-state index in [0.717, 1.165) is 12.1 Å². The Hall–Kier alpha value is -1.19. The molecule has 0 spiro atoms. The molecule has 2 rings (SSSR count). The number of benzene rings is 1. The lowest BCUT2D eigenvalue weighted by Crippen LogP contribution is -2.20. The first-order valence-corrected chi connectivity index (χ1v) is 7.55. The minimum Gasteiger partial charge on any atom is -0.313 e. The second kappa shape index (κ2) is 5.85. The summed E-state index contributed by atoms with van der Waals surface area (Å²) in [5.41, 5.74) is 6.58. The van der Waals surface area contributed by atoms with Gasteiger partial charge in [-0.2, -0.15) is 0 Å². The highest BCUT2D eigenvalue weighted by Gasteiger charge is 2.15. The summed E-state index contributed by atoms with van der Waals surface area (Å²) >= 11 is 1.75. The first-order chi connectivity index (χ1) is 9.01. The van der Waals surface area contributed by atoms with Gasteiger partial charge in [0, 0.05) is 23.5 Å². The van der Waals surface area contributed by atoms with Crippen molar-refractivity contribution in [1.29, 1.82) is 0 Å². The maximum absolute atomic E-state index is 4.57. The molecule has 3 heteroatoms. The molecular weight excluding hydrogens is 252 g/mol. The molecule has 1 atom stereocenters. The van der Waals surface area contributed by atoms with E-state index in [9.17, 15) is 0 Å². The Kier molecular flexibility index (Phi) is 4.38. The third kappa shape index (κ3) is 3.23. The van der Waals surface area contributed by atoms with Crippen molar-refractivity contribution in [2.75, 3.05) is 7.05 Å². The van der Waals surface area contributed by atoms with Gasteiger partial charge in [0.1, 0.15) is 0 Å². The maximum Gasteiger partial charge on any atom is 0.0947 e. The number of nitrogens with one attached hydrogen (secondary N) is 1. The fourth-order valence-corrected chi connectivity index (χ4v) is 3.22. The van der Waals surface area contributed by atoms with Crippen molar-refractivity contribution < 1.29 is 0 Å². The van der Waals surface area contributed by atoms with E-state index in [2.05, 4.69) is 55.5 Å². The fourth-order valence-electron chi connectivity index (χ4n) is 2.40. The number of hydrogen-bond acceptors (Lipinski definition) is 3. The lowest BCUT2D eigenvalue weighted by atomic mass is 9.94. The Bertz CT molecular complexity index is 572. The third-order valence-corrected chi connectivity index (χ3v) is 4.64. The highest BCUT2D eigenvalue weighted by molar-refractivity contribution is 7.09. The quantitative estimate of drug-likeness (QED) is 0.915. The number of nitrogens with zero attached hydrogens (tertiary/aromatic N) is 1. The monoisotopic (exact) mass is 274 g/mol. The van der Waals surface area contributed by atoms with E-state index in [1.807, 2.05) is 7.05 Å². The Labute approximate surface area is 119 Å². The normalized spacial score (nSPS) is 12.7. The predicted molar refractivity (Wildman–Crippen MR) is 83.0 cm³/mol. The van der Waals surface area contributed by atoms with Gasteiger partial charge in [0.2, 0.25) is 0 Å².